The highest BCUT2D eigenvalue weighted by atomic mass is 14.9. The summed E-state index contributed by atoms with van der Waals surface area (Å²) in [5, 5.41) is 8.91. The fourth-order valence-electron chi connectivity index (χ4n) is 3.37. The lowest BCUT2D eigenvalue weighted by Gasteiger charge is -2.14. The molecule has 0 spiro atoms. The van der Waals surface area contributed by atoms with Crippen LogP contribution in [0.4, 0.5) is 0 Å². The number of hydrogen-bond acceptors (Lipinski definition) is 2. The lowest BCUT2D eigenvalue weighted by atomic mass is 9.93. The third-order valence-electron chi connectivity index (χ3n) is 4.26. The molecule has 2 aliphatic carbocycles. The summed E-state index contributed by atoms with van der Waals surface area (Å²) in [5.41, 5.74) is 2.64. The number of H-pyrrole nitrogens is 1. The summed E-state index contributed by atoms with van der Waals surface area (Å²) in [5.74, 6) is 3.05. The van der Waals surface area contributed by atoms with Gasteiger partial charge >= 0.3 is 0 Å². The summed E-state index contributed by atoms with van der Waals surface area (Å²) < 4.78 is 0. The number of imidazole rings is 1. The first kappa shape index (κ1) is 9.90. The van der Waals surface area contributed by atoms with Crippen LogP contribution in [-0.4, -0.2) is 9.97 Å². The van der Waals surface area contributed by atoms with Gasteiger partial charge in [-0.15, -0.1) is 0 Å². The lowest BCUT2D eigenvalue weighted by Crippen LogP contribution is -2.06. The van der Waals surface area contributed by atoms with Crippen LogP contribution in [0, 0.1) is 23.2 Å². The van der Waals surface area contributed by atoms with Crippen molar-refractivity contribution in [2.24, 2.45) is 11.8 Å². The Kier molecular flexibility index (Phi) is 1.90. The number of nitrogens with one attached hydrogen (secondary N) is 1. The molecule has 2 aliphatic rings. The highest BCUT2D eigenvalue weighted by Gasteiger charge is 2.38. The van der Waals surface area contributed by atoms with Gasteiger partial charge in [0.1, 0.15) is 5.82 Å². The summed E-state index contributed by atoms with van der Waals surface area (Å²) in [6.45, 7) is 0. The molecule has 3 heteroatoms. The quantitative estimate of drug-likeness (QED) is 0.772. The minimum Gasteiger partial charge on any atom is -0.342 e. The van der Waals surface area contributed by atoms with Crippen LogP contribution in [0.1, 0.15) is 30.1 Å². The second kappa shape index (κ2) is 3.46. The highest BCUT2D eigenvalue weighted by molar-refractivity contribution is 5.76. The van der Waals surface area contributed by atoms with Crippen molar-refractivity contribution in [2.45, 2.75) is 18.8 Å². The molecule has 1 heterocycles. The highest BCUT2D eigenvalue weighted by Crippen LogP contribution is 2.48. The molecule has 3 atom stereocenters. The summed E-state index contributed by atoms with van der Waals surface area (Å²) in [6, 6.07) is 7.80. The molecule has 1 fully saturated rings. The molecule has 4 rings (SSSR count). The minimum absolute atomic E-state index is 0.540. The van der Waals surface area contributed by atoms with Gasteiger partial charge in [0.05, 0.1) is 22.7 Å². The molecule has 0 aliphatic heterocycles. The Labute approximate surface area is 105 Å². The van der Waals surface area contributed by atoms with E-state index in [9.17, 15) is 0 Å². The van der Waals surface area contributed by atoms with Crippen LogP contribution in [-0.2, 0) is 0 Å². The molecule has 2 aromatic rings. The fourth-order valence-corrected chi connectivity index (χ4v) is 3.37. The zero-order chi connectivity index (χ0) is 12.1. The fraction of sp³-hybridized carbons (Fsp3) is 0.333. The molecular weight excluding hydrogens is 222 g/mol. The number of allylic oxidation sites excluding steroid dienone is 2. The van der Waals surface area contributed by atoms with Crippen LogP contribution < -0.4 is 0 Å². The average Bonchev–Trinajstić information content (AvgIpc) is 3.11. The minimum atomic E-state index is 0.540. The van der Waals surface area contributed by atoms with E-state index in [4.69, 9.17) is 10.2 Å². The number of benzene rings is 1. The van der Waals surface area contributed by atoms with E-state index < -0.39 is 0 Å². The van der Waals surface area contributed by atoms with Crippen molar-refractivity contribution in [1.82, 2.24) is 9.97 Å². The Bertz CT molecular complexity index is 689. The first-order chi connectivity index (χ1) is 8.83. The van der Waals surface area contributed by atoms with Crippen LogP contribution in [0.5, 0.6) is 0 Å². The Balaban J connectivity index is 1.78. The van der Waals surface area contributed by atoms with Gasteiger partial charge in [-0.3, -0.25) is 0 Å². The smallest absolute Gasteiger partial charge is 0.110 e. The van der Waals surface area contributed by atoms with Crippen LogP contribution >= 0.6 is 0 Å². The molecule has 3 nitrogen and oxygen atoms in total. The van der Waals surface area contributed by atoms with Gasteiger partial charge in [0.15, 0.2) is 0 Å². The van der Waals surface area contributed by atoms with E-state index in [-0.39, 0.29) is 0 Å². The molecule has 0 saturated heterocycles. The molecule has 1 aromatic carbocycles. The molecular formula is C15H13N3. The van der Waals surface area contributed by atoms with Gasteiger partial charge in [-0.2, -0.15) is 5.26 Å². The number of fused-ring (bicyclic) bond motifs is 3. The lowest BCUT2D eigenvalue weighted by molar-refractivity contribution is 0.559. The van der Waals surface area contributed by atoms with Crippen molar-refractivity contribution in [3.8, 4) is 6.07 Å². The maximum atomic E-state index is 8.91. The second-order valence-electron chi connectivity index (χ2n) is 5.35. The van der Waals surface area contributed by atoms with Crippen LogP contribution in [0.3, 0.4) is 0 Å². The molecule has 88 valence electrons. The maximum Gasteiger partial charge on any atom is 0.110 e. The second-order valence-corrected chi connectivity index (χ2v) is 5.35. The predicted molar refractivity (Wildman–Crippen MR) is 68.9 cm³/mol. The van der Waals surface area contributed by atoms with Gasteiger partial charge in [-0.25, -0.2) is 4.98 Å². The van der Waals surface area contributed by atoms with Crippen LogP contribution in [0.25, 0.3) is 11.0 Å². The summed E-state index contributed by atoms with van der Waals surface area (Å²) >= 11 is 0. The largest absolute Gasteiger partial charge is 0.342 e. The molecule has 0 amide bonds. The summed E-state index contributed by atoms with van der Waals surface area (Å²) in [7, 11) is 0. The molecule has 1 saturated carbocycles. The third kappa shape index (κ3) is 1.32. The SMILES string of the molecule is N#Cc1ccc2nc([C@H]3C[C@H]4C=C[C@@H]3C4)[nH]c2c1. The van der Waals surface area contributed by atoms with Crippen molar-refractivity contribution in [1.29, 1.82) is 5.26 Å². The molecule has 1 N–H and O–H groups in total. The van der Waals surface area contributed by atoms with Gasteiger partial charge in [0.25, 0.3) is 0 Å². The normalized spacial score (nSPS) is 28.9. The van der Waals surface area contributed by atoms with Crippen molar-refractivity contribution >= 4 is 11.0 Å². The number of aromatic nitrogens is 2. The predicted octanol–water partition coefficient (Wildman–Crippen LogP) is 3.11. The van der Waals surface area contributed by atoms with Crippen molar-refractivity contribution in [3.05, 3.63) is 41.7 Å². The Morgan fingerprint density at radius 3 is 2.94 bits per heavy atom. The number of nitrogens with zero attached hydrogens (tertiary/aromatic N) is 2. The van der Waals surface area contributed by atoms with Gasteiger partial charge in [-0.1, -0.05) is 12.2 Å². The van der Waals surface area contributed by atoms with Crippen LogP contribution in [0.2, 0.25) is 0 Å². The Morgan fingerprint density at radius 1 is 1.28 bits per heavy atom. The van der Waals surface area contributed by atoms with E-state index in [2.05, 4.69) is 23.2 Å². The first-order valence-electron chi connectivity index (χ1n) is 6.41. The summed E-state index contributed by atoms with van der Waals surface area (Å²) in [6.07, 6.45) is 7.18. The average molecular weight is 235 g/mol. The van der Waals surface area contributed by atoms with E-state index in [1.165, 1.54) is 12.8 Å². The molecule has 0 unspecified atom stereocenters. The van der Waals surface area contributed by atoms with E-state index >= 15 is 0 Å². The third-order valence-corrected chi connectivity index (χ3v) is 4.26. The van der Waals surface area contributed by atoms with Gasteiger partial charge < -0.3 is 4.98 Å². The van der Waals surface area contributed by atoms with E-state index in [0.29, 0.717) is 17.4 Å². The summed E-state index contributed by atoms with van der Waals surface area (Å²) in [4.78, 5) is 8.09. The van der Waals surface area contributed by atoms with Crippen LogP contribution in [0.15, 0.2) is 30.4 Å². The Morgan fingerprint density at radius 2 is 2.22 bits per heavy atom. The van der Waals surface area contributed by atoms with Gasteiger partial charge in [0, 0.05) is 5.92 Å². The monoisotopic (exact) mass is 235 g/mol. The van der Waals surface area contributed by atoms with Crippen molar-refractivity contribution < 1.29 is 0 Å². The van der Waals surface area contributed by atoms with E-state index in [1.54, 1.807) is 0 Å². The first-order valence-corrected chi connectivity index (χ1v) is 6.41. The van der Waals surface area contributed by atoms with E-state index in [1.807, 2.05) is 18.2 Å². The molecule has 2 bridgehead atoms. The van der Waals surface area contributed by atoms with Crippen molar-refractivity contribution in [2.75, 3.05) is 0 Å². The zero-order valence-corrected chi connectivity index (χ0v) is 9.93. The number of nitriles is 1. The molecule has 18 heavy (non-hydrogen) atoms. The molecule has 0 radical (unpaired) electrons. The number of aromatic amines is 1. The number of hydrogen-bond donors (Lipinski definition) is 1. The topological polar surface area (TPSA) is 52.5 Å². The Hall–Kier alpha value is -2.08. The van der Waals surface area contributed by atoms with Crippen molar-refractivity contribution in [3.63, 3.8) is 0 Å². The zero-order valence-electron chi connectivity index (χ0n) is 9.93. The standard InChI is InChI=1S/C15H13N3/c16-8-10-2-4-13-14(7-10)18-15(17-13)12-6-9-1-3-11(12)5-9/h1-4,7,9,11-12H,5-6H2,(H,17,18)/t9-,11+,12-/m0/s1. The maximum absolute atomic E-state index is 8.91. The van der Waals surface area contributed by atoms with Gasteiger partial charge in [-0.05, 0) is 42.9 Å². The van der Waals surface area contributed by atoms with E-state index in [0.717, 1.165) is 22.8 Å². The van der Waals surface area contributed by atoms with Gasteiger partial charge in [0.2, 0.25) is 0 Å². The molecule has 1 aromatic heterocycles. The number of rotatable bonds is 1.